The van der Waals surface area contributed by atoms with Gasteiger partial charge in [-0.15, -0.1) is 10.2 Å². The molecule has 118 valence electrons. The summed E-state index contributed by atoms with van der Waals surface area (Å²) < 4.78 is 7.06. The minimum absolute atomic E-state index is 0.161. The number of nitrogens with zero attached hydrogens (tertiary/aromatic N) is 3. The average molecular weight is 341 g/mol. The van der Waals surface area contributed by atoms with E-state index in [1.165, 1.54) is 11.8 Å². The van der Waals surface area contributed by atoms with E-state index in [0.717, 1.165) is 5.82 Å². The Morgan fingerprint density at radius 1 is 1.45 bits per heavy atom. The van der Waals surface area contributed by atoms with E-state index in [-0.39, 0.29) is 11.2 Å². The molecule has 1 amide bonds. The van der Waals surface area contributed by atoms with Gasteiger partial charge in [-0.2, -0.15) is 0 Å². The number of hydrogen-bond donors (Lipinski definition) is 1. The number of anilines is 1. The molecule has 0 fully saturated rings. The van der Waals surface area contributed by atoms with Crippen molar-refractivity contribution in [1.82, 2.24) is 14.8 Å². The van der Waals surface area contributed by atoms with Gasteiger partial charge in [0.1, 0.15) is 11.6 Å². The normalized spacial score (nSPS) is 12.0. The molecule has 22 heavy (non-hydrogen) atoms. The molecule has 1 aromatic heterocycles. The summed E-state index contributed by atoms with van der Waals surface area (Å²) in [5.74, 6) is 1.20. The zero-order chi connectivity index (χ0) is 16.3. The predicted octanol–water partition coefficient (Wildman–Crippen LogP) is 2.90. The first-order valence-electron chi connectivity index (χ1n) is 6.59. The summed E-state index contributed by atoms with van der Waals surface area (Å²) in [5.41, 5.74) is 0.543. The summed E-state index contributed by atoms with van der Waals surface area (Å²) >= 11 is 7.30. The highest BCUT2D eigenvalue weighted by molar-refractivity contribution is 8.00. The van der Waals surface area contributed by atoms with Crippen LogP contribution in [0.25, 0.3) is 0 Å². The number of methoxy groups -OCH3 is 1. The average Bonchev–Trinajstić information content (AvgIpc) is 2.79. The number of rotatable bonds is 5. The SMILES string of the molecule is COc1ccc(Cl)cc1NC(=O)[C@@H](C)Sc1nnc(C)n1C. The number of halogens is 1. The lowest BCUT2D eigenvalue weighted by atomic mass is 10.3. The van der Waals surface area contributed by atoms with Crippen LogP contribution in [0, 0.1) is 6.92 Å². The lowest BCUT2D eigenvalue weighted by molar-refractivity contribution is -0.115. The Labute approximate surface area is 138 Å². The van der Waals surface area contributed by atoms with Gasteiger partial charge in [-0.1, -0.05) is 23.4 Å². The maximum atomic E-state index is 12.3. The molecule has 6 nitrogen and oxygen atoms in total. The van der Waals surface area contributed by atoms with Crippen LogP contribution in [0.5, 0.6) is 5.75 Å². The zero-order valence-corrected chi connectivity index (χ0v) is 14.3. The number of aromatic nitrogens is 3. The maximum Gasteiger partial charge on any atom is 0.237 e. The minimum atomic E-state index is -0.342. The number of aryl methyl sites for hydroxylation is 1. The third-order valence-electron chi connectivity index (χ3n) is 3.12. The quantitative estimate of drug-likeness (QED) is 0.847. The maximum absolute atomic E-state index is 12.3. The molecule has 8 heteroatoms. The van der Waals surface area contributed by atoms with Crippen LogP contribution >= 0.6 is 23.4 Å². The smallest absolute Gasteiger partial charge is 0.237 e. The highest BCUT2D eigenvalue weighted by atomic mass is 35.5. The van der Waals surface area contributed by atoms with Crippen molar-refractivity contribution >= 4 is 35.0 Å². The zero-order valence-electron chi connectivity index (χ0n) is 12.8. The summed E-state index contributed by atoms with van der Waals surface area (Å²) in [6.07, 6.45) is 0. The fraction of sp³-hybridized carbons (Fsp3) is 0.357. The van der Waals surface area contributed by atoms with Gasteiger partial charge in [0.15, 0.2) is 5.16 Å². The fourth-order valence-corrected chi connectivity index (χ4v) is 2.75. The van der Waals surface area contributed by atoms with Crippen LogP contribution in [-0.2, 0) is 11.8 Å². The Morgan fingerprint density at radius 2 is 2.18 bits per heavy atom. The number of carbonyl (C=O) groups is 1. The second-order valence-electron chi connectivity index (χ2n) is 4.68. The molecular weight excluding hydrogens is 324 g/mol. The van der Waals surface area contributed by atoms with Crippen LogP contribution in [-0.4, -0.2) is 33.0 Å². The third kappa shape index (κ3) is 3.72. The van der Waals surface area contributed by atoms with E-state index in [1.54, 1.807) is 32.2 Å². The molecule has 0 bridgehead atoms. The number of carbonyl (C=O) groups excluding carboxylic acids is 1. The van der Waals surface area contributed by atoms with E-state index in [9.17, 15) is 4.79 Å². The van der Waals surface area contributed by atoms with Gasteiger partial charge in [0, 0.05) is 12.1 Å². The largest absolute Gasteiger partial charge is 0.495 e. The molecule has 0 saturated heterocycles. The van der Waals surface area contributed by atoms with Crippen molar-refractivity contribution in [1.29, 1.82) is 0 Å². The van der Waals surface area contributed by atoms with Crippen molar-refractivity contribution in [3.05, 3.63) is 29.0 Å². The van der Waals surface area contributed by atoms with Gasteiger partial charge in [-0.05, 0) is 32.0 Å². The van der Waals surface area contributed by atoms with Crippen LogP contribution in [0.1, 0.15) is 12.7 Å². The molecule has 1 N–H and O–H groups in total. The second-order valence-corrected chi connectivity index (χ2v) is 6.43. The van der Waals surface area contributed by atoms with Crippen molar-refractivity contribution in [2.75, 3.05) is 12.4 Å². The monoisotopic (exact) mass is 340 g/mol. The van der Waals surface area contributed by atoms with E-state index >= 15 is 0 Å². The Hall–Kier alpha value is -1.73. The second kappa shape index (κ2) is 7.02. The molecule has 0 spiro atoms. The van der Waals surface area contributed by atoms with Gasteiger partial charge < -0.3 is 14.6 Å². The molecule has 0 aliphatic heterocycles. The van der Waals surface area contributed by atoms with E-state index < -0.39 is 0 Å². The number of nitrogens with one attached hydrogen (secondary N) is 1. The van der Waals surface area contributed by atoms with Crippen molar-refractivity contribution in [2.24, 2.45) is 7.05 Å². The summed E-state index contributed by atoms with van der Waals surface area (Å²) in [6, 6.07) is 5.07. The summed E-state index contributed by atoms with van der Waals surface area (Å²) in [4.78, 5) is 12.3. The number of hydrogen-bond acceptors (Lipinski definition) is 5. The van der Waals surface area contributed by atoms with Crippen molar-refractivity contribution in [3.63, 3.8) is 0 Å². The lowest BCUT2D eigenvalue weighted by Gasteiger charge is -2.14. The topological polar surface area (TPSA) is 69.0 Å². The highest BCUT2D eigenvalue weighted by Crippen LogP contribution is 2.29. The lowest BCUT2D eigenvalue weighted by Crippen LogP contribution is -2.23. The molecule has 0 aliphatic carbocycles. The van der Waals surface area contributed by atoms with Crippen molar-refractivity contribution in [2.45, 2.75) is 24.3 Å². The molecule has 1 aromatic carbocycles. The van der Waals surface area contributed by atoms with Gasteiger partial charge in [0.2, 0.25) is 5.91 Å². The Balaban J connectivity index is 2.08. The fourth-order valence-electron chi connectivity index (χ4n) is 1.71. The summed E-state index contributed by atoms with van der Waals surface area (Å²) in [5, 5.41) is 11.7. The standard InChI is InChI=1S/C14H17ClN4O2S/c1-8(22-14-18-17-9(2)19(14)3)13(20)16-11-7-10(15)5-6-12(11)21-4/h5-8H,1-4H3,(H,16,20)/t8-/m1/s1. The molecule has 1 atom stereocenters. The molecular formula is C14H17ClN4O2S. The molecule has 1 heterocycles. The van der Waals surface area contributed by atoms with Crippen LogP contribution in [0.4, 0.5) is 5.69 Å². The van der Waals surface area contributed by atoms with Gasteiger partial charge in [0.05, 0.1) is 18.0 Å². The Morgan fingerprint density at radius 3 is 2.77 bits per heavy atom. The Kier molecular flexibility index (Phi) is 5.31. The molecule has 2 aromatic rings. The predicted molar refractivity (Wildman–Crippen MR) is 87.7 cm³/mol. The van der Waals surface area contributed by atoms with E-state index in [2.05, 4.69) is 15.5 Å². The van der Waals surface area contributed by atoms with Gasteiger partial charge in [-0.25, -0.2) is 0 Å². The summed E-state index contributed by atoms with van der Waals surface area (Å²) in [6.45, 7) is 3.67. The first-order valence-corrected chi connectivity index (χ1v) is 7.85. The van der Waals surface area contributed by atoms with Gasteiger partial charge in [-0.3, -0.25) is 4.79 Å². The van der Waals surface area contributed by atoms with Crippen LogP contribution in [0.2, 0.25) is 5.02 Å². The highest BCUT2D eigenvalue weighted by Gasteiger charge is 2.19. The number of ether oxygens (including phenoxy) is 1. The number of benzene rings is 1. The molecule has 0 saturated carbocycles. The van der Waals surface area contributed by atoms with Gasteiger partial charge >= 0.3 is 0 Å². The third-order valence-corrected chi connectivity index (χ3v) is 4.49. The number of amides is 1. The van der Waals surface area contributed by atoms with E-state index in [4.69, 9.17) is 16.3 Å². The molecule has 0 unspecified atom stereocenters. The van der Waals surface area contributed by atoms with Gasteiger partial charge in [0.25, 0.3) is 0 Å². The van der Waals surface area contributed by atoms with Crippen LogP contribution in [0.3, 0.4) is 0 Å². The molecule has 2 rings (SSSR count). The van der Waals surface area contributed by atoms with Crippen molar-refractivity contribution in [3.8, 4) is 5.75 Å². The van der Waals surface area contributed by atoms with Crippen LogP contribution in [0.15, 0.2) is 23.4 Å². The summed E-state index contributed by atoms with van der Waals surface area (Å²) in [7, 11) is 3.40. The first kappa shape index (κ1) is 16.6. The first-order chi connectivity index (χ1) is 10.4. The number of thioether (sulfide) groups is 1. The van der Waals surface area contributed by atoms with Crippen molar-refractivity contribution < 1.29 is 9.53 Å². The van der Waals surface area contributed by atoms with Crippen LogP contribution < -0.4 is 10.1 Å². The minimum Gasteiger partial charge on any atom is -0.495 e. The molecule has 0 radical (unpaired) electrons. The van der Waals surface area contributed by atoms with E-state index in [0.29, 0.717) is 21.6 Å². The van der Waals surface area contributed by atoms with E-state index in [1.807, 2.05) is 18.5 Å². The Bertz CT molecular complexity index is 689. The molecule has 0 aliphatic rings.